The Balaban J connectivity index is 2.39. The van der Waals surface area contributed by atoms with Gasteiger partial charge in [-0.05, 0) is 35.7 Å². The fourth-order valence-corrected chi connectivity index (χ4v) is 3.86. The standard InChI is InChI=1S/C18H21ClN2O4S/c1-12(2)14-7-5-6-8-16(14)20-18(22)13-9-10-15(19)17(11-13)26(23,24)21(3)25-4/h5-12H,1-4H3,(H,20,22). The minimum Gasteiger partial charge on any atom is -0.322 e. The lowest BCUT2D eigenvalue weighted by molar-refractivity contribution is -0.0258. The number of halogens is 1. The number of benzene rings is 2. The van der Waals surface area contributed by atoms with E-state index in [9.17, 15) is 13.2 Å². The van der Waals surface area contributed by atoms with E-state index in [1.807, 2.05) is 32.0 Å². The normalized spacial score (nSPS) is 11.8. The van der Waals surface area contributed by atoms with Crippen LogP contribution in [0.1, 0.15) is 35.7 Å². The lowest BCUT2D eigenvalue weighted by Crippen LogP contribution is -2.26. The van der Waals surface area contributed by atoms with E-state index >= 15 is 0 Å². The first kappa shape index (κ1) is 20.4. The van der Waals surface area contributed by atoms with Crippen molar-refractivity contribution in [1.82, 2.24) is 4.47 Å². The zero-order valence-electron chi connectivity index (χ0n) is 15.0. The Morgan fingerprint density at radius 1 is 1.19 bits per heavy atom. The lowest BCUT2D eigenvalue weighted by atomic mass is 10.0. The molecule has 0 aliphatic heterocycles. The molecule has 0 spiro atoms. The van der Waals surface area contributed by atoms with Crippen LogP contribution in [0.3, 0.4) is 0 Å². The number of amides is 1. The van der Waals surface area contributed by atoms with Crippen molar-refractivity contribution in [2.75, 3.05) is 19.5 Å². The summed E-state index contributed by atoms with van der Waals surface area (Å²) < 4.78 is 25.6. The first-order chi connectivity index (χ1) is 12.2. The molecular weight excluding hydrogens is 376 g/mol. The molecule has 0 radical (unpaired) electrons. The van der Waals surface area contributed by atoms with E-state index in [0.29, 0.717) is 10.2 Å². The second kappa shape index (κ2) is 8.18. The monoisotopic (exact) mass is 396 g/mol. The van der Waals surface area contributed by atoms with Crippen molar-refractivity contribution in [3.05, 3.63) is 58.6 Å². The zero-order valence-corrected chi connectivity index (χ0v) is 16.6. The molecule has 0 saturated heterocycles. The van der Waals surface area contributed by atoms with Gasteiger partial charge in [-0.1, -0.05) is 48.1 Å². The topological polar surface area (TPSA) is 75.7 Å². The molecule has 26 heavy (non-hydrogen) atoms. The Morgan fingerprint density at radius 2 is 1.85 bits per heavy atom. The SMILES string of the molecule is CON(C)S(=O)(=O)c1cc(C(=O)Nc2ccccc2C(C)C)ccc1Cl. The van der Waals surface area contributed by atoms with Gasteiger partial charge in [0.1, 0.15) is 4.90 Å². The molecule has 0 aliphatic carbocycles. The Hall–Kier alpha value is -1.93. The summed E-state index contributed by atoms with van der Waals surface area (Å²) in [6.07, 6.45) is 0. The summed E-state index contributed by atoms with van der Waals surface area (Å²) in [6.45, 7) is 4.05. The summed E-state index contributed by atoms with van der Waals surface area (Å²) in [4.78, 5) is 17.2. The molecule has 6 nitrogen and oxygen atoms in total. The smallest absolute Gasteiger partial charge is 0.266 e. The Labute approximate surface area is 158 Å². The summed E-state index contributed by atoms with van der Waals surface area (Å²) in [6, 6.07) is 11.6. The average molecular weight is 397 g/mol. The van der Waals surface area contributed by atoms with Gasteiger partial charge < -0.3 is 5.32 Å². The molecule has 140 valence electrons. The molecule has 0 unspecified atom stereocenters. The number of hydrogen-bond acceptors (Lipinski definition) is 4. The second-order valence-corrected chi connectivity index (χ2v) is 8.25. The van der Waals surface area contributed by atoms with Crippen LogP contribution in [-0.2, 0) is 14.9 Å². The largest absolute Gasteiger partial charge is 0.322 e. The van der Waals surface area contributed by atoms with Gasteiger partial charge in [0.2, 0.25) is 0 Å². The fraction of sp³-hybridized carbons (Fsp3) is 0.278. The molecule has 2 aromatic carbocycles. The number of para-hydroxylation sites is 1. The van der Waals surface area contributed by atoms with Crippen LogP contribution in [-0.4, -0.2) is 33.0 Å². The predicted molar refractivity (Wildman–Crippen MR) is 102 cm³/mol. The quantitative estimate of drug-likeness (QED) is 0.751. The number of nitrogens with zero attached hydrogens (tertiary/aromatic N) is 1. The number of anilines is 1. The molecule has 8 heteroatoms. The third-order valence-electron chi connectivity index (χ3n) is 3.90. The van der Waals surface area contributed by atoms with E-state index in [-0.39, 0.29) is 21.4 Å². The lowest BCUT2D eigenvalue weighted by Gasteiger charge is -2.16. The molecule has 0 saturated carbocycles. The number of hydrogen-bond donors (Lipinski definition) is 1. The maximum Gasteiger partial charge on any atom is 0.266 e. The van der Waals surface area contributed by atoms with Gasteiger partial charge in [0.05, 0.1) is 12.1 Å². The van der Waals surface area contributed by atoms with Crippen LogP contribution in [0.25, 0.3) is 0 Å². The van der Waals surface area contributed by atoms with Crippen molar-refractivity contribution in [2.45, 2.75) is 24.7 Å². The van der Waals surface area contributed by atoms with Gasteiger partial charge in [0.25, 0.3) is 15.9 Å². The molecule has 0 fully saturated rings. The summed E-state index contributed by atoms with van der Waals surface area (Å²) in [7, 11) is -1.50. The van der Waals surface area contributed by atoms with Gasteiger partial charge in [-0.3, -0.25) is 9.63 Å². The van der Waals surface area contributed by atoms with Crippen LogP contribution in [0.15, 0.2) is 47.4 Å². The summed E-state index contributed by atoms with van der Waals surface area (Å²) in [5.74, 6) is -0.200. The first-order valence-electron chi connectivity index (χ1n) is 7.91. The van der Waals surface area contributed by atoms with Crippen LogP contribution in [0, 0.1) is 0 Å². The summed E-state index contributed by atoms with van der Waals surface area (Å²) in [5, 5.41) is 2.84. The van der Waals surface area contributed by atoms with E-state index in [4.69, 9.17) is 16.4 Å². The Bertz CT molecular complexity index is 913. The van der Waals surface area contributed by atoms with E-state index < -0.39 is 15.9 Å². The molecule has 0 atom stereocenters. The van der Waals surface area contributed by atoms with Crippen molar-refractivity contribution in [3.63, 3.8) is 0 Å². The van der Waals surface area contributed by atoms with Crippen molar-refractivity contribution < 1.29 is 18.0 Å². The molecular formula is C18H21ClN2O4S. The first-order valence-corrected chi connectivity index (χ1v) is 9.73. The van der Waals surface area contributed by atoms with Crippen LogP contribution in [0.4, 0.5) is 5.69 Å². The van der Waals surface area contributed by atoms with Crippen LogP contribution in [0.2, 0.25) is 5.02 Å². The number of carbonyl (C=O) groups is 1. The van der Waals surface area contributed by atoms with E-state index in [1.165, 1.54) is 32.4 Å². The van der Waals surface area contributed by atoms with Gasteiger partial charge in [0.15, 0.2) is 0 Å². The summed E-state index contributed by atoms with van der Waals surface area (Å²) in [5.41, 5.74) is 1.85. The zero-order chi connectivity index (χ0) is 19.5. The van der Waals surface area contributed by atoms with E-state index in [1.54, 1.807) is 6.07 Å². The van der Waals surface area contributed by atoms with E-state index in [0.717, 1.165) is 5.56 Å². The van der Waals surface area contributed by atoms with E-state index in [2.05, 4.69) is 5.32 Å². The molecule has 2 rings (SSSR count). The molecule has 1 N–H and O–H groups in total. The molecule has 0 heterocycles. The average Bonchev–Trinajstić information content (AvgIpc) is 2.61. The van der Waals surface area contributed by atoms with Crippen molar-refractivity contribution >= 4 is 33.2 Å². The van der Waals surface area contributed by atoms with Gasteiger partial charge in [-0.2, -0.15) is 0 Å². The fourth-order valence-electron chi connectivity index (χ4n) is 2.39. The number of hydroxylamine groups is 1. The highest BCUT2D eigenvalue weighted by Gasteiger charge is 2.25. The second-order valence-electron chi connectivity index (χ2n) is 5.94. The van der Waals surface area contributed by atoms with Crippen molar-refractivity contribution in [3.8, 4) is 0 Å². The predicted octanol–water partition coefficient (Wildman–Crippen LogP) is 3.90. The Kier molecular flexibility index (Phi) is 6.41. The highest BCUT2D eigenvalue weighted by Crippen LogP contribution is 2.27. The molecule has 0 aromatic heterocycles. The van der Waals surface area contributed by atoms with Crippen molar-refractivity contribution in [2.24, 2.45) is 0 Å². The number of rotatable bonds is 6. The maximum absolute atomic E-state index is 12.6. The molecule has 1 amide bonds. The van der Waals surface area contributed by atoms with Crippen molar-refractivity contribution in [1.29, 1.82) is 0 Å². The minimum absolute atomic E-state index is 0.00744. The van der Waals surface area contributed by atoms with Gasteiger partial charge in [-0.15, -0.1) is 0 Å². The number of nitrogens with one attached hydrogen (secondary N) is 1. The van der Waals surface area contributed by atoms with Gasteiger partial charge in [0, 0.05) is 18.3 Å². The highest BCUT2D eigenvalue weighted by atomic mass is 35.5. The third kappa shape index (κ3) is 4.24. The maximum atomic E-state index is 12.6. The Morgan fingerprint density at radius 3 is 2.46 bits per heavy atom. The molecule has 2 aromatic rings. The summed E-state index contributed by atoms with van der Waals surface area (Å²) >= 11 is 6.02. The minimum atomic E-state index is -3.97. The highest BCUT2D eigenvalue weighted by molar-refractivity contribution is 7.89. The van der Waals surface area contributed by atoms with Crippen LogP contribution >= 0.6 is 11.6 Å². The number of sulfonamides is 1. The molecule has 0 aliphatic rings. The number of carbonyl (C=O) groups excluding carboxylic acids is 1. The third-order valence-corrected chi connectivity index (χ3v) is 6.06. The van der Waals surface area contributed by atoms with Crippen LogP contribution < -0.4 is 5.32 Å². The molecule has 0 bridgehead atoms. The van der Waals surface area contributed by atoms with Crippen LogP contribution in [0.5, 0.6) is 0 Å². The van der Waals surface area contributed by atoms with Gasteiger partial charge in [-0.25, -0.2) is 8.42 Å². The van der Waals surface area contributed by atoms with Gasteiger partial charge >= 0.3 is 0 Å².